The number of fused-ring (bicyclic) bond motifs is 1. The number of piperazine rings is 1. The Morgan fingerprint density at radius 3 is 2.42 bits per heavy atom. The number of esters is 2. The highest BCUT2D eigenvalue weighted by Gasteiger charge is 2.23. The number of likely N-dealkylation sites (N-methyl/N-ethyl adjacent to an activating group) is 1. The first-order valence-electron chi connectivity index (χ1n) is 11.4. The zero-order valence-electron chi connectivity index (χ0n) is 19.5. The highest BCUT2D eigenvalue weighted by Crippen LogP contribution is 2.31. The summed E-state index contributed by atoms with van der Waals surface area (Å²) in [4.78, 5) is 29.7. The second-order valence-corrected chi connectivity index (χ2v) is 8.49. The highest BCUT2D eigenvalue weighted by atomic mass is 16.5. The average molecular weight is 450 g/mol. The van der Waals surface area contributed by atoms with E-state index in [2.05, 4.69) is 33.5 Å². The van der Waals surface area contributed by atoms with Gasteiger partial charge in [-0.1, -0.05) is 30.3 Å². The summed E-state index contributed by atoms with van der Waals surface area (Å²) in [5.74, 6) is -0.228. The quantitative estimate of drug-likeness (QED) is 0.407. The van der Waals surface area contributed by atoms with Gasteiger partial charge in [0, 0.05) is 49.3 Å². The maximum atomic E-state index is 12.8. The fourth-order valence-corrected chi connectivity index (χ4v) is 4.31. The number of nitrogens with zero attached hydrogens (tertiary/aromatic N) is 3. The topological polar surface area (TPSA) is 64.0 Å². The maximum absolute atomic E-state index is 12.8. The number of benzene rings is 2. The number of hydrogen-bond donors (Lipinski definition) is 0. The Kier molecular flexibility index (Phi) is 7.11. The summed E-state index contributed by atoms with van der Waals surface area (Å²) in [7, 11) is 2.08. The molecule has 0 atom stereocenters. The van der Waals surface area contributed by atoms with Crippen molar-refractivity contribution in [3.63, 3.8) is 0 Å². The van der Waals surface area contributed by atoms with Crippen LogP contribution in [0.15, 0.2) is 48.5 Å². The van der Waals surface area contributed by atoms with E-state index >= 15 is 0 Å². The molecular weight excluding hydrogens is 418 g/mol. The first-order valence-corrected chi connectivity index (χ1v) is 11.4. The molecule has 2 heterocycles. The number of carbonyl (C=O) groups excluding carboxylic acids is 2. The van der Waals surface area contributed by atoms with Crippen LogP contribution < -0.4 is 4.74 Å². The van der Waals surface area contributed by atoms with Gasteiger partial charge in [0.25, 0.3) is 0 Å². The van der Waals surface area contributed by atoms with Crippen molar-refractivity contribution in [1.29, 1.82) is 0 Å². The van der Waals surface area contributed by atoms with Gasteiger partial charge in [-0.25, -0.2) is 4.79 Å². The number of hydrogen-bond acceptors (Lipinski definition) is 6. The van der Waals surface area contributed by atoms with Crippen LogP contribution in [0.3, 0.4) is 0 Å². The normalized spacial score (nSPS) is 15.0. The summed E-state index contributed by atoms with van der Waals surface area (Å²) in [5.41, 5.74) is 3.38. The Morgan fingerprint density at radius 2 is 1.73 bits per heavy atom. The summed E-state index contributed by atoms with van der Waals surface area (Å²) in [5, 5.41) is 0.728. The Labute approximate surface area is 194 Å². The van der Waals surface area contributed by atoms with Gasteiger partial charge in [0.2, 0.25) is 0 Å². The summed E-state index contributed by atoms with van der Waals surface area (Å²) in [6.45, 7) is 8.47. The van der Waals surface area contributed by atoms with Gasteiger partial charge in [-0.3, -0.25) is 9.69 Å². The van der Waals surface area contributed by atoms with Gasteiger partial charge in [0.05, 0.1) is 18.7 Å². The number of aromatic nitrogens is 1. The zero-order chi connectivity index (χ0) is 23.4. The molecule has 1 aliphatic heterocycles. The average Bonchev–Trinajstić information content (AvgIpc) is 3.07. The van der Waals surface area contributed by atoms with E-state index in [0.717, 1.165) is 48.3 Å². The van der Waals surface area contributed by atoms with Crippen LogP contribution in [0.5, 0.6) is 5.75 Å². The third-order valence-electron chi connectivity index (χ3n) is 6.14. The minimum atomic E-state index is -0.368. The third kappa shape index (κ3) is 5.26. The van der Waals surface area contributed by atoms with E-state index in [1.54, 1.807) is 19.1 Å². The Morgan fingerprint density at radius 1 is 1.00 bits per heavy atom. The van der Waals surface area contributed by atoms with Crippen LogP contribution in [0.25, 0.3) is 10.9 Å². The molecule has 4 rings (SSSR count). The second-order valence-electron chi connectivity index (χ2n) is 8.49. The van der Waals surface area contributed by atoms with E-state index in [0.29, 0.717) is 24.5 Å². The molecule has 0 saturated carbocycles. The van der Waals surface area contributed by atoms with Crippen LogP contribution in [-0.2, 0) is 16.1 Å². The third-order valence-corrected chi connectivity index (χ3v) is 6.14. The molecule has 2 aromatic carbocycles. The molecule has 7 nitrogen and oxygen atoms in total. The summed E-state index contributed by atoms with van der Waals surface area (Å²) in [6.07, 6.45) is 0. The van der Waals surface area contributed by atoms with Crippen LogP contribution in [0.1, 0.15) is 28.5 Å². The van der Waals surface area contributed by atoms with Crippen LogP contribution in [0.2, 0.25) is 0 Å². The SMILES string of the molecule is CCOC(=O)c1c(C)n(Cc2ccccc2)c2ccc(OC(=O)CN3CCN(C)CC3)cc12. The van der Waals surface area contributed by atoms with Crippen molar-refractivity contribution in [3.05, 3.63) is 65.4 Å². The van der Waals surface area contributed by atoms with Crippen molar-refractivity contribution in [1.82, 2.24) is 14.4 Å². The van der Waals surface area contributed by atoms with E-state index in [1.165, 1.54) is 0 Å². The lowest BCUT2D eigenvalue weighted by Crippen LogP contribution is -2.46. The summed E-state index contributed by atoms with van der Waals surface area (Å²) >= 11 is 0. The van der Waals surface area contributed by atoms with Crippen LogP contribution in [0, 0.1) is 6.92 Å². The zero-order valence-corrected chi connectivity index (χ0v) is 19.5. The van der Waals surface area contributed by atoms with Crippen molar-refractivity contribution in [2.24, 2.45) is 0 Å². The molecule has 0 spiro atoms. The van der Waals surface area contributed by atoms with E-state index < -0.39 is 0 Å². The molecule has 0 radical (unpaired) electrons. The Bertz CT molecular complexity index is 1130. The first kappa shape index (κ1) is 23.0. The van der Waals surface area contributed by atoms with E-state index in [4.69, 9.17) is 9.47 Å². The molecule has 33 heavy (non-hydrogen) atoms. The molecule has 7 heteroatoms. The predicted octanol–water partition coefficient (Wildman–Crippen LogP) is 3.33. The molecule has 174 valence electrons. The van der Waals surface area contributed by atoms with Crippen molar-refractivity contribution in [3.8, 4) is 5.75 Å². The monoisotopic (exact) mass is 449 g/mol. The van der Waals surface area contributed by atoms with Crippen LogP contribution >= 0.6 is 0 Å². The molecule has 1 saturated heterocycles. The minimum Gasteiger partial charge on any atom is -0.462 e. The van der Waals surface area contributed by atoms with Crippen molar-refractivity contribution >= 4 is 22.8 Å². The molecule has 0 amide bonds. The molecule has 0 aliphatic carbocycles. The van der Waals surface area contributed by atoms with E-state index in [-0.39, 0.29) is 18.5 Å². The standard InChI is InChI=1S/C26H31N3O4/c1-4-32-26(31)25-19(2)29(17-20-8-6-5-7-9-20)23-11-10-21(16-22(23)25)33-24(30)18-28-14-12-27(3)13-15-28/h5-11,16H,4,12-15,17-18H2,1-3H3. The molecular formula is C26H31N3O4. The molecule has 0 unspecified atom stereocenters. The number of rotatable bonds is 7. The lowest BCUT2D eigenvalue weighted by atomic mass is 10.1. The molecule has 3 aromatic rings. The fourth-order valence-electron chi connectivity index (χ4n) is 4.31. The lowest BCUT2D eigenvalue weighted by molar-refractivity contribution is -0.136. The number of ether oxygens (including phenoxy) is 2. The lowest BCUT2D eigenvalue weighted by Gasteiger charge is -2.31. The smallest absolute Gasteiger partial charge is 0.340 e. The summed E-state index contributed by atoms with van der Waals surface area (Å²) in [6, 6.07) is 15.6. The first-order chi connectivity index (χ1) is 16.0. The molecule has 0 bridgehead atoms. The fraction of sp³-hybridized carbons (Fsp3) is 0.385. The predicted molar refractivity (Wildman–Crippen MR) is 128 cm³/mol. The van der Waals surface area contributed by atoms with Gasteiger partial charge in [0.1, 0.15) is 5.75 Å². The van der Waals surface area contributed by atoms with E-state index in [9.17, 15) is 9.59 Å². The van der Waals surface area contributed by atoms with Gasteiger partial charge < -0.3 is 18.9 Å². The molecule has 1 fully saturated rings. The Hall–Kier alpha value is -3.16. The van der Waals surface area contributed by atoms with Gasteiger partial charge in [-0.05, 0) is 44.7 Å². The van der Waals surface area contributed by atoms with Crippen molar-refractivity contribution < 1.29 is 19.1 Å². The van der Waals surface area contributed by atoms with Gasteiger partial charge in [-0.2, -0.15) is 0 Å². The van der Waals surface area contributed by atoms with Crippen molar-refractivity contribution in [2.45, 2.75) is 20.4 Å². The van der Waals surface area contributed by atoms with Gasteiger partial charge in [0.15, 0.2) is 0 Å². The Balaban J connectivity index is 1.61. The van der Waals surface area contributed by atoms with Gasteiger partial charge >= 0.3 is 11.9 Å². The van der Waals surface area contributed by atoms with E-state index in [1.807, 2.05) is 31.2 Å². The second kappa shape index (κ2) is 10.2. The minimum absolute atomic E-state index is 0.255. The van der Waals surface area contributed by atoms with Gasteiger partial charge in [-0.15, -0.1) is 0 Å². The van der Waals surface area contributed by atoms with Crippen molar-refractivity contribution in [2.75, 3.05) is 46.4 Å². The molecule has 0 N–H and O–H groups in total. The maximum Gasteiger partial charge on any atom is 0.340 e. The largest absolute Gasteiger partial charge is 0.462 e. The van der Waals surface area contributed by atoms with Crippen LogP contribution in [-0.4, -0.2) is 72.7 Å². The number of carbonyl (C=O) groups is 2. The van der Waals surface area contributed by atoms with Crippen LogP contribution in [0.4, 0.5) is 0 Å². The molecule has 1 aromatic heterocycles. The highest BCUT2D eigenvalue weighted by molar-refractivity contribution is 6.06. The molecule has 1 aliphatic rings. The summed E-state index contributed by atoms with van der Waals surface area (Å²) < 4.78 is 13.1.